The highest BCUT2D eigenvalue weighted by Crippen LogP contribution is 2.50. The molecule has 0 amide bonds. The van der Waals surface area contributed by atoms with Crippen molar-refractivity contribution in [3.63, 3.8) is 0 Å². The molecule has 2 fully saturated rings. The molecule has 3 aromatic heterocycles. The number of ether oxygens (including phenoxy) is 4. The molecule has 5 heterocycles. The maximum atomic E-state index is 14.3. The number of imidazole rings is 1. The summed E-state index contributed by atoms with van der Waals surface area (Å²) in [5, 5.41) is 24.0. The number of fused-ring (bicyclic) bond motifs is 1. The van der Waals surface area contributed by atoms with Gasteiger partial charge >= 0.3 is 20.2 Å². The Morgan fingerprint density at radius 2 is 1.76 bits per heavy atom. The van der Waals surface area contributed by atoms with Crippen LogP contribution in [-0.4, -0.2) is 126 Å². The fraction of sp³-hybridized carbons (Fsp3) is 0.609. The van der Waals surface area contributed by atoms with Gasteiger partial charge in [-0.05, 0) is 17.9 Å². The van der Waals surface area contributed by atoms with Crippen LogP contribution in [0, 0.1) is 0 Å². The number of rotatable bonds is 15. The topological polar surface area (TPSA) is 325 Å². The highest BCUT2D eigenvalue weighted by atomic mass is 32.5. The third-order valence-corrected chi connectivity index (χ3v) is 9.86. The van der Waals surface area contributed by atoms with Crippen LogP contribution in [0.15, 0.2) is 28.2 Å². The fourth-order valence-corrected chi connectivity index (χ4v) is 7.22. The molecule has 5 rings (SSSR count). The summed E-state index contributed by atoms with van der Waals surface area (Å²) in [7, 11) is -1.83. The van der Waals surface area contributed by atoms with Gasteiger partial charge < -0.3 is 54.9 Å². The van der Waals surface area contributed by atoms with Gasteiger partial charge in [-0.15, -0.1) is 0 Å². The first-order valence-corrected chi connectivity index (χ1v) is 18.5. The van der Waals surface area contributed by atoms with Gasteiger partial charge in [-0.25, -0.2) is 19.4 Å². The Labute approximate surface area is 280 Å². The van der Waals surface area contributed by atoms with Crippen LogP contribution in [0.5, 0.6) is 0 Å². The number of aliphatic hydroxyl groups is 2. The molecule has 10 N–H and O–H groups in total. The Hall–Kier alpha value is -2.77. The van der Waals surface area contributed by atoms with E-state index in [2.05, 4.69) is 36.8 Å². The molecule has 26 heteroatoms. The maximum absolute atomic E-state index is 14.3. The first kappa shape index (κ1) is 37.5. The van der Waals surface area contributed by atoms with Crippen LogP contribution in [-0.2, 0) is 48.9 Å². The van der Waals surface area contributed by atoms with Gasteiger partial charge in [-0.3, -0.25) is 28.0 Å². The van der Waals surface area contributed by atoms with E-state index < -0.39 is 88.0 Å². The van der Waals surface area contributed by atoms with Crippen LogP contribution in [0.3, 0.4) is 0 Å². The van der Waals surface area contributed by atoms with Gasteiger partial charge in [0.25, 0.3) is 5.56 Å². The second kappa shape index (κ2) is 15.2. The zero-order valence-electron chi connectivity index (χ0n) is 25.7. The normalized spacial score (nSPS) is 28.7. The van der Waals surface area contributed by atoms with Crippen molar-refractivity contribution in [2.24, 2.45) is 0 Å². The van der Waals surface area contributed by atoms with Crippen LogP contribution in [0.25, 0.3) is 11.2 Å². The van der Waals surface area contributed by atoms with Crippen molar-refractivity contribution in [3.8, 4) is 0 Å². The number of hydrogen-bond acceptors (Lipinski definition) is 18. The lowest BCUT2D eigenvalue weighted by Crippen LogP contribution is -2.39. The van der Waals surface area contributed by atoms with Crippen LogP contribution in [0.4, 0.5) is 11.8 Å². The molecule has 0 aromatic carbocycles. The number of aliphatic hydroxyl groups excluding tert-OH is 2. The van der Waals surface area contributed by atoms with Crippen molar-refractivity contribution in [1.82, 2.24) is 34.2 Å². The maximum Gasteiger partial charge on any atom is 0.406 e. The number of H-pyrrole nitrogens is 1. The molecule has 2 saturated heterocycles. The van der Waals surface area contributed by atoms with E-state index in [-0.39, 0.29) is 36.1 Å². The lowest BCUT2D eigenvalue weighted by atomic mass is 10.1. The van der Waals surface area contributed by atoms with Crippen LogP contribution in [0.2, 0.25) is 0 Å². The number of nitrogens with one attached hydrogen (secondary N) is 2. The van der Waals surface area contributed by atoms with Gasteiger partial charge in [-0.2, -0.15) is 9.97 Å². The Kier molecular flexibility index (Phi) is 11.6. The molecule has 49 heavy (non-hydrogen) atoms. The molecule has 0 saturated carbocycles. The van der Waals surface area contributed by atoms with Crippen molar-refractivity contribution >= 4 is 49.2 Å². The number of anilines is 2. The summed E-state index contributed by atoms with van der Waals surface area (Å²) in [4.78, 5) is 58.4. The van der Waals surface area contributed by atoms with Crippen LogP contribution in [0.1, 0.15) is 12.5 Å². The van der Waals surface area contributed by atoms with Gasteiger partial charge in [0, 0.05) is 27.0 Å². The monoisotopic (exact) mass is 755 g/mol. The summed E-state index contributed by atoms with van der Waals surface area (Å²) in [5.74, 6) is -0.291. The van der Waals surface area contributed by atoms with E-state index >= 15 is 0 Å². The minimum atomic E-state index is -4.50. The Bertz CT molecular complexity index is 1840. The summed E-state index contributed by atoms with van der Waals surface area (Å²) >= 11 is 4.58. The number of nitrogens with zero attached hydrogens (tertiary/aromatic N) is 5. The molecular weight excluding hydrogens is 720 g/mol. The average molecular weight is 756 g/mol. The van der Waals surface area contributed by atoms with Crippen molar-refractivity contribution in [1.29, 1.82) is 0 Å². The molecular formula is C23H35N9O14P2S. The van der Waals surface area contributed by atoms with Crippen molar-refractivity contribution in [2.75, 3.05) is 52.1 Å². The van der Waals surface area contributed by atoms with E-state index in [4.69, 9.17) is 44.0 Å². The quantitative estimate of drug-likeness (QED) is 0.0567. The molecule has 2 aliphatic heterocycles. The van der Waals surface area contributed by atoms with Crippen LogP contribution < -0.4 is 27.8 Å². The van der Waals surface area contributed by atoms with E-state index in [1.54, 1.807) is 0 Å². The second-order valence-electron chi connectivity index (χ2n) is 10.7. The highest BCUT2D eigenvalue weighted by molar-refractivity contribution is 8.06. The van der Waals surface area contributed by atoms with E-state index in [0.717, 1.165) is 4.57 Å². The molecule has 1 unspecified atom stereocenters. The lowest BCUT2D eigenvalue weighted by Gasteiger charge is -2.29. The number of aromatic amines is 1. The smallest absolute Gasteiger partial charge is 0.387 e. The summed E-state index contributed by atoms with van der Waals surface area (Å²) in [6.45, 7) is -5.52. The summed E-state index contributed by atoms with van der Waals surface area (Å²) in [5.41, 5.74) is 9.69. The van der Waals surface area contributed by atoms with Gasteiger partial charge in [0.15, 0.2) is 23.6 Å². The molecule has 272 valence electrons. The standard InChI is InChI=1S/C23H35N9O14P2S/c1-40-6-4-27-47(37,42-7-10-14(33)15(34)20(44-10)31-5-3-12(24)28-23(31)36)46-16-11(8-43-48(38,39)49)45-21(17(16)41-2)32-9-26-13-18(32)29-22(25)30-19(13)35/h3,5,9-11,14-17,20-21,33-34H,4,6-8H2,1-2H3,(H,27,37)(H2,24,28,36)(H2,38,39,49)(H3,25,29,30,35)/t10-,11-,14-,15-,16-,17-,20-,21-,47?/m1/s1. The van der Waals surface area contributed by atoms with Crippen molar-refractivity contribution < 1.29 is 57.1 Å². The van der Waals surface area contributed by atoms with Crippen LogP contribution >= 0.6 is 14.5 Å². The highest BCUT2D eigenvalue weighted by Gasteiger charge is 2.52. The third-order valence-electron chi connectivity index (χ3n) is 7.43. The van der Waals surface area contributed by atoms with Gasteiger partial charge in [-0.1, -0.05) is 0 Å². The number of nitrogen functional groups attached to an aromatic ring is 2. The molecule has 9 atom stereocenters. The van der Waals surface area contributed by atoms with E-state index in [9.17, 15) is 34.2 Å². The zero-order valence-corrected chi connectivity index (χ0v) is 28.3. The minimum Gasteiger partial charge on any atom is -0.387 e. The van der Waals surface area contributed by atoms with Crippen molar-refractivity contribution in [2.45, 2.75) is 49.1 Å². The number of nitrogens with two attached hydrogens (primary N) is 2. The Balaban J connectivity index is 1.42. The summed E-state index contributed by atoms with van der Waals surface area (Å²) in [6.07, 6.45) is -8.58. The van der Waals surface area contributed by atoms with Crippen molar-refractivity contribution in [3.05, 3.63) is 39.4 Å². The van der Waals surface area contributed by atoms with Gasteiger partial charge in [0.1, 0.15) is 42.4 Å². The summed E-state index contributed by atoms with van der Waals surface area (Å²) < 4.78 is 55.7. The third kappa shape index (κ3) is 8.41. The minimum absolute atomic E-state index is 0.00315. The number of hydrogen-bond donors (Lipinski definition) is 8. The average Bonchev–Trinajstić information content (AvgIpc) is 3.68. The van der Waals surface area contributed by atoms with Gasteiger partial charge in [0.2, 0.25) is 5.95 Å². The number of aromatic nitrogens is 6. The predicted octanol–water partition coefficient (Wildman–Crippen LogP) is -2.96. The van der Waals surface area contributed by atoms with E-state index in [1.807, 2.05) is 0 Å². The van der Waals surface area contributed by atoms with E-state index in [0.29, 0.717) is 0 Å². The zero-order chi connectivity index (χ0) is 35.7. The first-order valence-electron chi connectivity index (χ1n) is 14.3. The summed E-state index contributed by atoms with van der Waals surface area (Å²) in [6, 6.07) is 1.29. The molecule has 3 aromatic rings. The lowest BCUT2D eigenvalue weighted by molar-refractivity contribution is -0.0571. The number of methoxy groups -OCH3 is 2. The largest absolute Gasteiger partial charge is 0.406 e. The SMILES string of the molecule is COCCNP(=O)(OC[C@H]1O[C@@H](n2ccc(N)nc2=O)[C@H](O)[C@@H]1O)O[C@H]1[C@@H](OC)[C@H](n2cnc3c(=O)[nH]c(N)nc32)O[C@@H]1COP(O)(O)=S. The molecule has 0 aliphatic carbocycles. The predicted molar refractivity (Wildman–Crippen MR) is 169 cm³/mol. The second-order valence-corrected chi connectivity index (χ2v) is 15.1. The Morgan fingerprint density at radius 3 is 2.43 bits per heavy atom. The molecule has 2 aliphatic rings. The van der Waals surface area contributed by atoms with Gasteiger partial charge in [0.05, 0.1) is 26.1 Å². The van der Waals surface area contributed by atoms with E-state index in [1.165, 1.54) is 37.4 Å². The molecule has 0 radical (unpaired) electrons. The molecule has 0 spiro atoms. The molecule has 23 nitrogen and oxygen atoms in total. The first-order chi connectivity index (χ1) is 23.1. The molecule has 0 bridgehead atoms. The Morgan fingerprint density at radius 1 is 1.04 bits per heavy atom. The fourth-order valence-electron chi connectivity index (χ4n) is 5.19.